The van der Waals surface area contributed by atoms with Crippen molar-refractivity contribution < 1.29 is 22.3 Å². The van der Waals surface area contributed by atoms with Gasteiger partial charge in [-0.1, -0.05) is 48.6 Å². The molecule has 1 saturated carbocycles. The summed E-state index contributed by atoms with van der Waals surface area (Å²) >= 11 is 0. The zero-order valence-corrected chi connectivity index (χ0v) is 19.7. The summed E-state index contributed by atoms with van der Waals surface area (Å²) in [6, 6.07) is 10.6. The first-order valence-corrected chi connectivity index (χ1v) is 12.5. The van der Waals surface area contributed by atoms with Gasteiger partial charge in [0.2, 0.25) is 0 Å². The van der Waals surface area contributed by atoms with Gasteiger partial charge in [0, 0.05) is 11.5 Å². The third-order valence-corrected chi connectivity index (χ3v) is 7.85. The molecule has 2 unspecified atom stereocenters. The van der Waals surface area contributed by atoms with E-state index in [1.807, 2.05) is 18.2 Å². The van der Waals surface area contributed by atoms with E-state index in [0.717, 1.165) is 31.2 Å². The van der Waals surface area contributed by atoms with Crippen LogP contribution in [0.25, 0.3) is 11.1 Å². The first kappa shape index (κ1) is 24.1. The highest BCUT2D eigenvalue weighted by molar-refractivity contribution is 5.65. The van der Waals surface area contributed by atoms with Crippen molar-refractivity contribution >= 4 is 0 Å². The molecular weight excluding hydrogens is 452 g/mol. The Morgan fingerprint density at radius 3 is 2.26 bits per heavy atom. The van der Waals surface area contributed by atoms with Gasteiger partial charge in [0.05, 0.1) is 12.7 Å². The second-order valence-electron chi connectivity index (χ2n) is 9.98. The van der Waals surface area contributed by atoms with Crippen LogP contribution in [0.2, 0.25) is 0 Å². The summed E-state index contributed by atoms with van der Waals surface area (Å²) in [6.45, 7) is 4.33. The lowest BCUT2D eigenvalue weighted by Crippen LogP contribution is -2.14. The molecule has 0 aromatic heterocycles. The van der Waals surface area contributed by atoms with Crippen molar-refractivity contribution in [3.8, 4) is 11.1 Å². The van der Waals surface area contributed by atoms with E-state index in [0.29, 0.717) is 48.5 Å². The summed E-state index contributed by atoms with van der Waals surface area (Å²) < 4.78 is 63.9. The predicted octanol–water partition coefficient (Wildman–Crippen LogP) is 8.52. The van der Waals surface area contributed by atoms with Gasteiger partial charge in [0.25, 0.3) is 0 Å². The van der Waals surface area contributed by atoms with Crippen LogP contribution in [0.5, 0.6) is 0 Å². The number of epoxide rings is 1. The van der Waals surface area contributed by atoms with E-state index in [-0.39, 0.29) is 17.6 Å². The molecule has 2 aliphatic carbocycles. The van der Waals surface area contributed by atoms with Gasteiger partial charge >= 0.3 is 0 Å². The molecule has 1 saturated heterocycles. The minimum absolute atomic E-state index is 0.0394. The van der Waals surface area contributed by atoms with E-state index < -0.39 is 29.2 Å². The SMILES string of the molecule is C=CC1CCC(c2ccc(-c3ccc(CCC4=CCC(C5CO5)C(F)=C4F)cc3)c(F)c2F)CC1. The zero-order valence-electron chi connectivity index (χ0n) is 19.7. The Bertz CT molecular complexity index is 1150. The van der Waals surface area contributed by atoms with Gasteiger partial charge < -0.3 is 4.74 Å². The Labute approximate surface area is 204 Å². The molecule has 2 atom stereocenters. The molecule has 5 heteroatoms. The Balaban J connectivity index is 1.24. The minimum atomic E-state index is -0.815. The maximum Gasteiger partial charge on any atom is 0.166 e. The van der Waals surface area contributed by atoms with Crippen molar-refractivity contribution in [2.75, 3.05) is 6.61 Å². The third kappa shape index (κ3) is 5.02. The fraction of sp³-hybridized carbons (Fsp3) is 0.400. The number of hydrogen-bond acceptors (Lipinski definition) is 1. The average Bonchev–Trinajstić information content (AvgIpc) is 3.72. The smallest absolute Gasteiger partial charge is 0.166 e. The van der Waals surface area contributed by atoms with Crippen molar-refractivity contribution in [1.82, 2.24) is 0 Å². The number of benzene rings is 2. The van der Waals surface area contributed by atoms with Crippen LogP contribution in [0.4, 0.5) is 17.6 Å². The van der Waals surface area contributed by atoms with Crippen LogP contribution < -0.4 is 0 Å². The summed E-state index contributed by atoms with van der Waals surface area (Å²) in [5.74, 6) is -3.02. The van der Waals surface area contributed by atoms with Gasteiger partial charge in [0.15, 0.2) is 17.5 Å². The van der Waals surface area contributed by atoms with Crippen LogP contribution in [0, 0.1) is 23.5 Å². The molecule has 1 aliphatic heterocycles. The van der Waals surface area contributed by atoms with Crippen LogP contribution in [-0.2, 0) is 11.2 Å². The van der Waals surface area contributed by atoms with E-state index >= 15 is 4.39 Å². The van der Waals surface area contributed by atoms with Gasteiger partial charge in [-0.25, -0.2) is 17.6 Å². The zero-order chi connectivity index (χ0) is 24.5. The number of halogens is 4. The molecular formula is C30H30F4O. The van der Waals surface area contributed by atoms with Crippen molar-refractivity contribution in [2.24, 2.45) is 11.8 Å². The standard InChI is InChI=1S/C30H30F4O/c1-2-18-3-8-20(9-4-18)23-15-16-24(29(33)28(23)32)21-10-5-19(6-11-21)7-12-22-13-14-25(26-17-35-26)30(34)27(22)31/h2,5-6,10-11,13,15-16,18,20,25-26H,1,3-4,7-9,12,14,17H2. The van der Waals surface area contributed by atoms with E-state index in [2.05, 4.69) is 6.58 Å². The van der Waals surface area contributed by atoms with Crippen LogP contribution in [0.3, 0.4) is 0 Å². The van der Waals surface area contributed by atoms with Crippen LogP contribution >= 0.6 is 0 Å². The lowest BCUT2D eigenvalue weighted by atomic mass is 9.78. The largest absolute Gasteiger partial charge is 0.372 e. The predicted molar refractivity (Wildman–Crippen MR) is 130 cm³/mol. The maximum absolute atomic E-state index is 15.0. The number of ether oxygens (including phenoxy) is 1. The molecule has 2 aromatic carbocycles. The summed E-state index contributed by atoms with van der Waals surface area (Å²) in [5.41, 5.74) is 2.59. The summed E-state index contributed by atoms with van der Waals surface area (Å²) in [5, 5.41) is 0. The van der Waals surface area contributed by atoms with Crippen LogP contribution in [0.1, 0.15) is 55.6 Å². The monoisotopic (exact) mass is 482 g/mol. The second-order valence-corrected chi connectivity index (χ2v) is 9.98. The van der Waals surface area contributed by atoms with E-state index in [1.54, 1.807) is 30.3 Å². The third-order valence-electron chi connectivity index (χ3n) is 7.85. The minimum Gasteiger partial charge on any atom is -0.372 e. The molecule has 0 spiro atoms. The number of hydrogen-bond donors (Lipinski definition) is 0. The average molecular weight is 483 g/mol. The normalized spacial score (nSPS) is 26.5. The van der Waals surface area contributed by atoms with Crippen molar-refractivity contribution in [2.45, 2.75) is 57.0 Å². The fourth-order valence-corrected chi connectivity index (χ4v) is 5.49. The number of allylic oxidation sites excluding steroid dienone is 4. The Hall–Kier alpha value is -2.66. The summed E-state index contributed by atoms with van der Waals surface area (Å²) in [4.78, 5) is 0. The molecule has 184 valence electrons. The molecule has 1 nitrogen and oxygen atoms in total. The highest BCUT2D eigenvalue weighted by atomic mass is 19.2. The second kappa shape index (κ2) is 10.1. The quantitative estimate of drug-likeness (QED) is 0.219. The highest BCUT2D eigenvalue weighted by Crippen LogP contribution is 2.41. The Morgan fingerprint density at radius 2 is 1.60 bits per heavy atom. The van der Waals surface area contributed by atoms with Gasteiger partial charge in [-0.15, -0.1) is 6.58 Å². The molecule has 0 bridgehead atoms. The van der Waals surface area contributed by atoms with Gasteiger partial charge in [-0.2, -0.15) is 0 Å². The molecule has 0 amide bonds. The summed E-state index contributed by atoms with van der Waals surface area (Å²) in [6.07, 6.45) is 8.47. The fourth-order valence-electron chi connectivity index (χ4n) is 5.49. The highest BCUT2D eigenvalue weighted by Gasteiger charge is 2.39. The van der Waals surface area contributed by atoms with Gasteiger partial charge in [0.1, 0.15) is 5.83 Å². The molecule has 2 fully saturated rings. The summed E-state index contributed by atoms with van der Waals surface area (Å²) in [7, 11) is 0. The van der Waals surface area contributed by atoms with E-state index in [1.165, 1.54) is 0 Å². The van der Waals surface area contributed by atoms with Crippen molar-refractivity contribution in [3.05, 3.63) is 95.1 Å². The van der Waals surface area contributed by atoms with E-state index in [4.69, 9.17) is 4.74 Å². The molecule has 3 aliphatic rings. The number of rotatable bonds is 7. The first-order valence-electron chi connectivity index (χ1n) is 12.5. The van der Waals surface area contributed by atoms with Gasteiger partial charge in [-0.05, 0) is 79.0 Å². The van der Waals surface area contributed by atoms with Crippen molar-refractivity contribution in [3.63, 3.8) is 0 Å². The first-order chi connectivity index (χ1) is 17.0. The molecule has 5 rings (SSSR count). The van der Waals surface area contributed by atoms with Gasteiger partial charge in [-0.3, -0.25) is 0 Å². The number of aryl methyl sites for hydroxylation is 1. The molecule has 1 heterocycles. The molecule has 0 N–H and O–H groups in total. The molecule has 35 heavy (non-hydrogen) atoms. The Morgan fingerprint density at radius 1 is 0.886 bits per heavy atom. The molecule has 2 aromatic rings. The Kier molecular flexibility index (Phi) is 6.97. The van der Waals surface area contributed by atoms with E-state index in [9.17, 15) is 13.2 Å². The van der Waals surface area contributed by atoms with Crippen LogP contribution in [-0.4, -0.2) is 12.7 Å². The topological polar surface area (TPSA) is 12.5 Å². The lowest BCUT2D eigenvalue weighted by Gasteiger charge is -2.27. The lowest BCUT2D eigenvalue weighted by molar-refractivity contribution is 0.310. The van der Waals surface area contributed by atoms with Crippen LogP contribution in [0.15, 0.2) is 72.4 Å². The maximum atomic E-state index is 15.0. The molecule has 0 radical (unpaired) electrons. The van der Waals surface area contributed by atoms with Crippen molar-refractivity contribution in [1.29, 1.82) is 0 Å².